The zero-order valence-corrected chi connectivity index (χ0v) is 22.4. The normalized spacial score (nSPS) is 17.0. The number of ketones is 1. The van der Waals surface area contributed by atoms with Crippen molar-refractivity contribution in [3.05, 3.63) is 68.8 Å². The van der Waals surface area contributed by atoms with Crippen molar-refractivity contribution in [3.63, 3.8) is 0 Å². The average Bonchev–Trinajstić information content (AvgIpc) is 3.14. The number of phenols is 1. The van der Waals surface area contributed by atoms with E-state index in [1.54, 1.807) is 18.2 Å². The fraction of sp³-hybridized carbons (Fsp3) is 0.429. The predicted octanol–water partition coefficient (Wildman–Crippen LogP) is 4.59. The minimum atomic E-state index is -1.07. The van der Waals surface area contributed by atoms with Crippen LogP contribution in [0.25, 0.3) is 5.76 Å². The Bertz CT molecular complexity index is 1250. The van der Waals surface area contributed by atoms with Crippen LogP contribution in [0.3, 0.4) is 0 Å². The molecule has 0 bridgehead atoms. The first-order chi connectivity index (χ1) is 18.0. The van der Waals surface area contributed by atoms with Crippen molar-refractivity contribution in [2.45, 2.75) is 46.6 Å². The number of amides is 1. The van der Waals surface area contributed by atoms with E-state index >= 15 is 0 Å². The Balaban J connectivity index is 2.21. The van der Waals surface area contributed by atoms with E-state index in [1.165, 1.54) is 11.0 Å². The summed E-state index contributed by atoms with van der Waals surface area (Å²) in [7, 11) is 0. The Kier molecular flexibility index (Phi) is 9.11. The summed E-state index contributed by atoms with van der Waals surface area (Å²) in [4.78, 5) is 40.8. The summed E-state index contributed by atoms with van der Waals surface area (Å²) in [6.45, 7) is 12.4. The summed E-state index contributed by atoms with van der Waals surface area (Å²) in [5.41, 5.74) is 0.680. The van der Waals surface area contributed by atoms with Crippen LogP contribution in [0.1, 0.15) is 63.3 Å². The number of likely N-dealkylation sites (N-methyl/N-ethyl adjacent to an activating group) is 1. The number of hydrogen-bond donors (Lipinski definition) is 2. The third-order valence-electron chi connectivity index (χ3n) is 6.81. The zero-order valence-electron chi connectivity index (χ0n) is 22.4. The van der Waals surface area contributed by atoms with Crippen LogP contribution >= 0.6 is 0 Å². The maximum Gasteiger partial charge on any atom is 0.311 e. The molecule has 0 radical (unpaired) electrons. The van der Waals surface area contributed by atoms with Gasteiger partial charge in [-0.05, 0) is 61.3 Å². The van der Waals surface area contributed by atoms with Gasteiger partial charge < -0.3 is 24.7 Å². The number of nitro benzene ring substituents is 1. The van der Waals surface area contributed by atoms with E-state index in [-0.39, 0.29) is 29.4 Å². The number of nitrogens with zero attached hydrogens (tertiary/aromatic N) is 3. The number of nitro groups is 1. The van der Waals surface area contributed by atoms with Crippen LogP contribution in [0.2, 0.25) is 0 Å². The number of hydrogen-bond acceptors (Lipinski definition) is 8. The van der Waals surface area contributed by atoms with Crippen LogP contribution in [0.15, 0.2) is 42.0 Å². The molecule has 1 saturated heterocycles. The first-order valence-corrected chi connectivity index (χ1v) is 12.8. The summed E-state index contributed by atoms with van der Waals surface area (Å²) in [6, 6.07) is 7.71. The van der Waals surface area contributed by atoms with Crippen LogP contribution in [0, 0.1) is 10.1 Å². The van der Waals surface area contributed by atoms with Crippen LogP contribution in [0.5, 0.6) is 11.5 Å². The molecule has 204 valence electrons. The van der Waals surface area contributed by atoms with Gasteiger partial charge in [-0.25, -0.2) is 0 Å². The number of aromatic hydroxyl groups is 1. The molecule has 2 N–H and O–H groups in total. The van der Waals surface area contributed by atoms with Gasteiger partial charge in [-0.2, -0.15) is 0 Å². The lowest BCUT2D eigenvalue weighted by atomic mass is 9.93. The van der Waals surface area contributed by atoms with Crippen molar-refractivity contribution in [1.82, 2.24) is 9.80 Å². The lowest BCUT2D eigenvalue weighted by Crippen LogP contribution is -2.38. The minimum Gasteiger partial charge on any atom is -0.507 e. The molecule has 1 atom stereocenters. The second-order valence-electron chi connectivity index (χ2n) is 9.36. The molecule has 3 rings (SSSR count). The first kappa shape index (κ1) is 28.6. The number of aliphatic hydroxyl groups is 1. The highest BCUT2D eigenvalue weighted by atomic mass is 16.6. The molecule has 10 heteroatoms. The summed E-state index contributed by atoms with van der Waals surface area (Å²) in [5, 5.41) is 33.0. The third-order valence-corrected chi connectivity index (χ3v) is 6.81. The van der Waals surface area contributed by atoms with Gasteiger partial charge >= 0.3 is 5.69 Å². The number of likely N-dealkylation sites (tertiary alicyclic amines) is 1. The van der Waals surface area contributed by atoms with Crippen molar-refractivity contribution in [1.29, 1.82) is 0 Å². The second-order valence-corrected chi connectivity index (χ2v) is 9.36. The number of carbonyl (C=O) groups is 2. The lowest BCUT2D eigenvalue weighted by Gasteiger charge is -2.28. The molecule has 2 aromatic carbocycles. The maximum absolute atomic E-state index is 13.3. The van der Waals surface area contributed by atoms with Crippen LogP contribution < -0.4 is 4.74 Å². The lowest BCUT2D eigenvalue weighted by molar-refractivity contribution is -0.385. The molecule has 1 aliphatic heterocycles. The van der Waals surface area contributed by atoms with Gasteiger partial charge in [0.05, 0.1) is 23.1 Å². The number of Topliss-reactive ketones (excluding diaryl/α,β-unsaturated/α-hetero) is 1. The van der Waals surface area contributed by atoms with E-state index in [4.69, 9.17) is 4.74 Å². The van der Waals surface area contributed by atoms with Gasteiger partial charge in [-0.15, -0.1) is 0 Å². The third kappa shape index (κ3) is 5.65. The van der Waals surface area contributed by atoms with Crippen molar-refractivity contribution >= 4 is 23.1 Å². The number of ether oxygens (including phenoxy) is 1. The van der Waals surface area contributed by atoms with E-state index in [9.17, 15) is 29.9 Å². The molecule has 1 heterocycles. The molecule has 2 aromatic rings. The molecular formula is C28H35N3O7. The Hall–Kier alpha value is -3.92. The van der Waals surface area contributed by atoms with E-state index < -0.39 is 34.1 Å². The number of aliphatic hydroxyl groups excluding tert-OH is 1. The van der Waals surface area contributed by atoms with Crippen LogP contribution in [0.4, 0.5) is 5.69 Å². The standard InChI is InChI=1S/C28H35N3O7/c1-6-29(7-2)13-14-30-25(18-9-11-22(32)21(16-18)31(36)37)24(27(34)28(30)35)26(33)19-10-12-23(38-8-3)20(15-19)17(4)5/h9-12,15-17,25,32-33H,6-8,13-14H2,1-5H3/b26-24-. The molecule has 1 unspecified atom stereocenters. The Morgan fingerprint density at radius 2 is 1.82 bits per heavy atom. The fourth-order valence-corrected chi connectivity index (χ4v) is 4.69. The van der Waals surface area contributed by atoms with Crippen molar-refractivity contribution in [3.8, 4) is 11.5 Å². The number of rotatable bonds is 11. The highest BCUT2D eigenvalue weighted by molar-refractivity contribution is 6.46. The molecule has 38 heavy (non-hydrogen) atoms. The smallest absolute Gasteiger partial charge is 0.311 e. The quantitative estimate of drug-likeness (QED) is 0.143. The van der Waals surface area contributed by atoms with Gasteiger partial charge in [0.1, 0.15) is 11.5 Å². The highest BCUT2D eigenvalue weighted by Crippen LogP contribution is 2.42. The molecule has 10 nitrogen and oxygen atoms in total. The Morgan fingerprint density at radius 3 is 2.39 bits per heavy atom. The largest absolute Gasteiger partial charge is 0.507 e. The van der Waals surface area contributed by atoms with Gasteiger partial charge in [-0.1, -0.05) is 33.8 Å². The van der Waals surface area contributed by atoms with Gasteiger partial charge in [-0.3, -0.25) is 19.7 Å². The van der Waals surface area contributed by atoms with Crippen LogP contribution in [-0.2, 0) is 9.59 Å². The predicted molar refractivity (Wildman–Crippen MR) is 143 cm³/mol. The molecule has 0 aliphatic carbocycles. The monoisotopic (exact) mass is 525 g/mol. The van der Waals surface area contributed by atoms with E-state index in [0.29, 0.717) is 24.5 Å². The second kappa shape index (κ2) is 12.1. The molecule has 1 fully saturated rings. The topological polar surface area (TPSA) is 133 Å². The number of phenolic OH excluding ortho intramolecular Hbond substituents is 1. The Labute approximate surface area is 222 Å². The van der Waals surface area contributed by atoms with E-state index in [0.717, 1.165) is 30.8 Å². The summed E-state index contributed by atoms with van der Waals surface area (Å²) < 4.78 is 5.71. The summed E-state index contributed by atoms with van der Waals surface area (Å²) >= 11 is 0. The molecule has 1 aliphatic rings. The fourth-order valence-electron chi connectivity index (χ4n) is 4.69. The van der Waals surface area contributed by atoms with Crippen molar-refractivity contribution in [2.75, 3.05) is 32.8 Å². The number of carbonyl (C=O) groups excluding carboxylic acids is 2. The van der Waals surface area contributed by atoms with Crippen LogP contribution in [-0.4, -0.2) is 69.4 Å². The average molecular weight is 526 g/mol. The number of benzene rings is 2. The molecule has 1 amide bonds. The van der Waals surface area contributed by atoms with Gasteiger partial charge in [0.25, 0.3) is 11.7 Å². The van der Waals surface area contributed by atoms with E-state index in [1.807, 2.05) is 34.6 Å². The van der Waals surface area contributed by atoms with Crippen molar-refractivity contribution in [2.24, 2.45) is 0 Å². The van der Waals surface area contributed by atoms with E-state index in [2.05, 4.69) is 4.90 Å². The van der Waals surface area contributed by atoms with Gasteiger partial charge in [0, 0.05) is 24.7 Å². The molecule has 0 spiro atoms. The molecule has 0 aromatic heterocycles. The Morgan fingerprint density at radius 1 is 1.13 bits per heavy atom. The van der Waals surface area contributed by atoms with Gasteiger partial charge in [0.2, 0.25) is 0 Å². The van der Waals surface area contributed by atoms with Gasteiger partial charge in [0.15, 0.2) is 5.75 Å². The first-order valence-electron chi connectivity index (χ1n) is 12.8. The SMILES string of the molecule is CCOc1ccc(/C(O)=C2/C(=O)C(=O)N(CCN(CC)CC)C2c2ccc(O)c([N+](=O)[O-])c2)cc1C(C)C. The summed E-state index contributed by atoms with van der Waals surface area (Å²) in [5.74, 6) is -1.87. The summed E-state index contributed by atoms with van der Waals surface area (Å²) in [6.07, 6.45) is 0. The highest BCUT2D eigenvalue weighted by Gasteiger charge is 2.46. The molecular weight excluding hydrogens is 490 g/mol. The maximum atomic E-state index is 13.3. The minimum absolute atomic E-state index is 0.0522. The zero-order chi connectivity index (χ0) is 28.1. The molecule has 0 saturated carbocycles. The van der Waals surface area contributed by atoms with Crippen molar-refractivity contribution < 1.29 is 29.5 Å².